The SMILES string of the molecule is CCOC(=O)c1cnn(-c2nc(OC)c3c(cnn3C(c3ccc(C(F)(F)F)cc3)C(C)C)n2)c1. The van der Waals surface area contributed by atoms with E-state index in [4.69, 9.17) is 9.47 Å². The first kappa shape index (κ1) is 24.2. The molecule has 3 heterocycles. The highest BCUT2D eigenvalue weighted by Gasteiger charge is 2.31. The summed E-state index contributed by atoms with van der Waals surface area (Å²) in [6.07, 6.45) is -0.0986. The fourth-order valence-electron chi connectivity index (χ4n) is 3.80. The molecule has 4 aromatic rings. The predicted molar refractivity (Wildman–Crippen MR) is 119 cm³/mol. The van der Waals surface area contributed by atoms with E-state index in [-0.39, 0.29) is 29.9 Å². The molecule has 184 valence electrons. The van der Waals surface area contributed by atoms with Crippen LogP contribution in [0.2, 0.25) is 0 Å². The zero-order chi connectivity index (χ0) is 25.3. The number of esters is 1. The molecular formula is C23H23F3N6O3. The summed E-state index contributed by atoms with van der Waals surface area (Å²) < 4.78 is 52.6. The van der Waals surface area contributed by atoms with Crippen LogP contribution in [0.1, 0.15) is 48.3 Å². The van der Waals surface area contributed by atoms with Crippen molar-refractivity contribution in [3.05, 3.63) is 59.5 Å². The number of benzene rings is 1. The molecule has 0 bridgehead atoms. The fourth-order valence-corrected chi connectivity index (χ4v) is 3.80. The van der Waals surface area contributed by atoms with E-state index in [1.807, 2.05) is 13.8 Å². The summed E-state index contributed by atoms with van der Waals surface area (Å²) >= 11 is 0. The molecule has 0 saturated heterocycles. The Morgan fingerprint density at radius 1 is 1.09 bits per heavy atom. The van der Waals surface area contributed by atoms with Gasteiger partial charge in [-0.1, -0.05) is 26.0 Å². The summed E-state index contributed by atoms with van der Waals surface area (Å²) in [5.74, 6) is -0.193. The van der Waals surface area contributed by atoms with Crippen LogP contribution in [-0.4, -0.2) is 49.2 Å². The first-order valence-corrected chi connectivity index (χ1v) is 10.8. The molecule has 1 unspecified atom stereocenters. The summed E-state index contributed by atoms with van der Waals surface area (Å²) in [6.45, 7) is 5.82. The summed E-state index contributed by atoms with van der Waals surface area (Å²) in [6, 6.07) is 4.60. The molecule has 1 atom stereocenters. The number of nitrogens with zero attached hydrogens (tertiary/aromatic N) is 6. The van der Waals surface area contributed by atoms with Gasteiger partial charge < -0.3 is 9.47 Å². The van der Waals surface area contributed by atoms with Gasteiger partial charge in [-0.2, -0.15) is 28.4 Å². The van der Waals surface area contributed by atoms with Crippen LogP contribution in [0.3, 0.4) is 0 Å². The second-order valence-electron chi connectivity index (χ2n) is 8.06. The van der Waals surface area contributed by atoms with Crippen LogP contribution in [0.25, 0.3) is 17.0 Å². The molecule has 35 heavy (non-hydrogen) atoms. The highest BCUT2D eigenvalue weighted by Crippen LogP contribution is 2.35. The van der Waals surface area contributed by atoms with Crippen molar-refractivity contribution in [1.82, 2.24) is 29.5 Å². The van der Waals surface area contributed by atoms with Crippen LogP contribution in [0.5, 0.6) is 5.88 Å². The van der Waals surface area contributed by atoms with E-state index in [0.717, 1.165) is 12.1 Å². The minimum atomic E-state index is -4.42. The molecule has 0 fully saturated rings. The van der Waals surface area contributed by atoms with Gasteiger partial charge in [0.15, 0.2) is 0 Å². The van der Waals surface area contributed by atoms with Crippen molar-refractivity contribution < 1.29 is 27.4 Å². The monoisotopic (exact) mass is 488 g/mol. The van der Waals surface area contributed by atoms with Crippen molar-refractivity contribution >= 4 is 17.0 Å². The van der Waals surface area contributed by atoms with E-state index in [2.05, 4.69) is 20.2 Å². The third kappa shape index (κ3) is 4.68. The van der Waals surface area contributed by atoms with Crippen LogP contribution in [-0.2, 0) is 10.9 Å². The number of hydrogen-bond acceptors (Lipinski definition) is 7. The van der Waals surface area contributed by atoms with E-state index >= 15 is 0 Å². The Morgan fingerprint density at radius 3 is 2.40 bits per heavy atom. The van der Waals surface area contributed by atoms with Crippen LogP contribution in [0.4, 0.5) is 13.2 Å². The minimum Gasteiger partial charge on any atom is -0.479 e. The van der Waals surface area contributed by atoms with E-state index in [9.17, 15) is 18.0 Å². The van der Waals surface area contributed by atoms with Crippen LogP contribution in [0, 0.1) is 5.92 Å². The fraction of sp³-hybridized carbons (Fsp3) is 0.348. The molecular weight excluding hydrogens is 465 g/mol. The van der Waals surface area contributed by atoms with E-state index < -0.39 is 23.8 Å². The Hall–Kier alpha value is -3.96. The predicted octanol–water partition coefficient (Wildman–Crippen LogP) is 4.46. The molecule has 4 rings (SSSR count). The van der Waals surface area contributed by atoms with Gasteiger partial charge >= 0.3 is 12.1 Å². The van der Waals surface area contributed by atoms with Gasteiger partial charge in [0.25, 0.3) is 5.95 Å². The maximum absolute atomic E-state index is 13.0. The molecule has 0 amide bonds. The maximum atomic E-state index is 13.0. The standard InChI is InChI=1S/C23H23F3N6O3/c1-5-35-21(33)15-10-27-31(12-15)22-29-17-11-28-32(19(17)20(30-22)34-4)18(13(2)3)14-6-8-16(9-7-14)23(24,25)26/h6-13,18H,5H2,1-4H3. The number of carbonyl (C=O) groups excluding carboxylic acids is 1. The number of ether oxygens (including phenoxy) is 2. The minimum absolute atomic E-state index is 0.0301. The Morgan fingerprint density at radius 2 is 1.80 bits per heavy atom. The summed E-state index contributed by atoms with van der Waals surface area (Å²) in [5, 5.41) is 8.61. The molecule has 0 aliphatic heterocycles. The average Bonchev–Trinajstić information content (AvgIpc) is 3.46. The number of alkyl halides is 3. The first-order valence-electron chi connectivity index (χ1n) is 10.8. The zero-order valence-corrected chi connectivity index (χ0v) is 19.4. The average molecular weight is 488 g/mol. The molecule has 0 radical (unpaired) electrons. The molecule has 0 aliphatic rings. The number of carbonyl (C=O) groups is 1. The Balaban J connectivity index is 1.77. The van der Waals surface area contributed by atoms with Gasteiger partial charge in [-0.05, 0) is 30.5 Å². The highest BCUT2D eigenvalue weighted by molar-refractivity contribution is 5.88. The van der Waals surface area contributed by atoms with Gasteiger partial charge in [0.1, 0.15) is 11.0 Å². The smallest absolute Gasteiger partial charge is 0.416 e. The second kappa shape index (κ2) is 9.35. The van der Waals surface area contributed by atoms with Crippen molar-refractivity contribution in [2.45, 2.75) is 33.0 Å². The number of fused-ring (bicyclic) bond motifs is 1. The summed E-state index contributed by atoms with van der Waals surface area (Å²) in [7, 11) is 1.44. The molecule has 0 saturated carbocycles. The van der Waals surface area contributed by atoms with Gasteiger partial charge in [0.2, 0.25) is 5.88 Å². The lowest BCUT2D eigenvalue weighted by Crippen LogP contribution is -2.19. The van der Waals surface area contributed by atoms with Crippen LogP contribution in [0.15, 0.2) is 42.9 Å². The van der Waals surface area contributed by atoms with E-state index in [1.165, 1.54) is 42.5 Å². The third-order valence-electron chi connectivity index (χ3n) is 5.37. The summed E-state index contributed by atoms with van der Waals surface area (Å²) in [4.78, 5) is 20.9. The van der Waals surface area contributed by atoms with Gasteiger partial charge in [-0.15, -0.1) is 0 Å². The number of methoxy groups -OCH3 is 1. The number of halogens is 3. The number of rotatable bonds is 7. The molecule has 12 heteroatoms. The largest absolute Gasteiger partial charge is 0.479 e. The lowest BCUT2D eigenvalue weighted by atomic mass is 9.95. The lowest BCUT2D eigenvalue weighted by molar-refractivity contribution is -0.137. The molecule has 0 N–H and O–H groups in total. The van der Waals surface area contributed by atoms with Crippen molar-refractivity contribution in [3.63, 3.8) is 0 Å². The van der Waals surface area contributed by atoms with Crippen molar-refractivity contribution in [2.24, 2.45) is 5.92 Å². The third-order valence-corrected chi connectivity index (χ3v) is 5.37. The molecule has 0 spiro atoms. The van der Waals surface area contributed by atoms with Gasteiger partial charge in [0.05, 0.1) is 43.3 Å². The second-order valence-corrected chi connectivity index (χ2v) is 8.06. The molecule has 0 aliphatic carbocycles. The lowest BCUT2D eigenvalue weighted by Gasteiger charge is -2.23. The number of hydrogen-bond donors (Lipinski definition) is 0. The van der Waals surface area contributed by atoms with Gasteiger partial charge in [-0.25, -0.2) is 19.1 Å². The van der Waals surface area contributed by atoms with E-state index in [1.54, 1.807) is 11.6 Å². The normalized spacial score (nSPS) is 12.8. The van der Waals surface area contributed by atoms with Gasteiger partial charge in [-0.3, -0.25) is 0 Å². The number of aromatic nitrogens is 6. The quantitative estimate of drug-likeness (QED) is 0.354. The Kier molecular flexibility index (Phi) is 6.46. The van der Waals surface area contributed by atoms with Crippen molar-refractivity contribution in [3.8, 4) is 11.8 Å². The molecule has 1 aromatic carbocycles. The molecule has 9 nitrogen and oxygen atoms in total. The highest BCUT2D eigenvalue weighted by atomic mass is 19.4. The zero-order valence-electron chi connectivity index (χ0n) is 19.4. The van der Waals surface area contributed by atoms with Crippen molar-refractivity contribution in [1.29, 1.82) is 0 Å². The summed E-state index contributed by atoms with van der Waals surface area (Å²) in [5.41, 5.74) is 1.09. The van der Waals surface area contributed by atoms with Crippen molar-refractivity contribution in [2.75, 3.05) is 13.7 Å². The Bertz CT molecular complexity index is 1350. The van der Waals surface area contributed by atoms with E-state index in [0.29, 0.717) is 16.6 Å². The topological polar surface area (TPSA) is 97.0 Å². The van der Waals surface area contributed by atoms with Crippen LogP contribution < -0.4 is 4.74 Å². The first-order chi connectivity index (χ1) is 16.6. The van der Waals surface area contributed by atoms with Gasteiger partial charge in [0, 0.05) is 6.20 Å². The molecule has 3 aromatic heterocycles. The maximum Gasteiger partial charge on any atom is 0.416 e. The van der Waals surface area contributed by atoms with Crippen LogP contribution >= 0.6 is 0 Å². The Labute approximate surface area is 198 Å².